The Morgan fingerprint density at radius 2 is 1.94 bits per heavy atom. The van der Waals surface area contributed by atoms with E-state index in [0.717, 1.165) is 11.3 Å². The molecule has 0 atom stereocenters. The second kappa shape index (κ2) is 4.94. The molecule has 3 nitrogen and oxygen atoms in total. The first-order valence-corrected chi connectivity index (χ1v) is 6.27. The molecular formula is C15H20N2O. The van der Waals surface area contributed by atoms with Crippen LogP contribution in [0.3, 0.4) is 0 Å². The smallest absolute Gasteiger partial charge is 0.196 e. The van der Waals surface area contributed by atoms with E-state index < -0.39 is 0 Å². The third-order valence-corrected chi connectivity index (χ3v) is 2.91. The van der Waals surface area contributed by atoms with E-state index in [1.54, 1.807) is 6.20 Å². The molecular weight excluding hydrogens is 224 g/mol. The lowest BCUT2D eigenvalue weighted by molar-refractivity contribution is 0.505. The summed E-state index contributed by atoms with van der Waals surface area (Å²) < 4.78 is 5.75. The van der Waals surface area contributed by atoms with Crippen molar-refractivity contribution in [2.45, 2.75) is 32.6 Å². The summed E-state index contributed by atoms with van der Waals surface area (Å²) in [5.41, 5.74) is 7.96. The van der Waals surface area contributed by atoms with Crippen LogP contribution in [0.2, 0.25) is 0 Å². The first kappa shape index (κ1) is 12.8. The Labute approximate surface area is 108 Å². The molecule has 2 N–H and O–H groups in total. The number of aromatic nitrogens is 1. The van der Waals surface area contributed by atoms with Gasteiger partial charge in [0.25, 0.3) is 0 Å². The van der Waals surface area contributed by atoms with Gasteiger partial charge in [0, 0.05) is 18.5 Å². The molecule has 0 fully saturated rings. The average Bonchev–Trinajstić information content (AvgIpc) is 2.77. The van der Waals surface area contributed by atoms with Gasteiger partial charge in [0.15, 0.2) is 11.7 Å². The molecule has 0 saturated heterocycles. The number of rotatable bonds is 3. The van der Waals surface area contributed by atoms with E-state index in [9.17, 15) is 0 Å². The molecule has 18 heavy (non-hydrogen) atoms. The van der Waals surface area contributed by atoms with E-state index in [2.05, 4.69) is 44.0 Å². The quantitative estimate of drug-likeness (QED) is 0.902. The van der Waals surface area contributed by atoms with Gasteiger partial charge in [0.2, 0.25) is 0 Å². The molecule has 96 valence electrons. The van der Waals surface area contributed by atoms with Crippen molar-refractivity contribution in [2.24, 2.45) is 5.73 Å². The number of nitrogens with two attached hydrogens (primary N) is 1. The highest BCUT2D eigenvalue weighted by Crippen LogP contribution is 2.33. The number of oxazole rings is 1. The predicted molar refractivity (Wildman–Crippen MR) is 73.4 cm³/mol. The van der Waals surface area contributed by atoms with Gasteiger partial charge < -0.3 is 10.2 Å². The van der Waals surface area contributed by atoms with Crippen molar-refractivity contribution in [3.63, 3.8) is 0 Å². The fourth-order valence-electron chi connectivity index (χ4n) is 2.03. The van der Waals surface area contributed by atoms with E-state index in [4.69, 9.17) is 10.2 Å². The maximum absolute atomic E-state index is 5.75. The molecule has 1 heterocycles. The van der Waals surface area contributed by atoms with Crippen molar-refractivity contribution in [2.75, 3.05) is 6.54 Å². The average molecular weight is 244 g/mol. The van der Waals surface area contributed by atoms with Crippen LogP contribution in [0, 0.1) is 0 Å². The Morgan fingerprint density at radius 1 is 1.22 bits per heavy atom. The van der Waals surface area contributed by atoms with Gasteiger partial charge in [-0.25, -0.2) is 4.98 Å². The fraction of sp³-hybridized carbons (Fsp3) is 0.400. The summed E-state index contributed by atoms with van der Waals surface area (Å²) in [6.07, 6.45) is 2.47. The second-order valence-electron chi connectivity index (χ2n) is 5.45. The SMILES string of the molecule is CC(C)(C)c1ccccc1-c1cnc(CCN)o1. The maximum atomic E-state index is 5.75. The van der Waals surface area contributed by atoms with E-state index in [-0.39, 0.29) is 5.41 Å². The Kier molecular flexibility index (Phi) is 3.53. The van der Waals surface area contributed by atoms with Crippen molar-refractivity contribution in [1.29, 1.82) is 0 Å². The van der Waals surface area contributed by atoms with Crippen LogP contribution in [-0.4, -0.2) is 11.5 Å². The lowest BCUT2D eigenvalue weighted by atomic mass is 9.83. The second-order valence-corrected chi connectivity index (χ2v) is 5.45. The van der Waals surface area contributed by atoms with Gasteiger partial charge >= 0.3 is 0 Å². The molecule has 0 aliphatic rings. The maximum Gasteiger partial charge on any atom is 0.196 e. The minimum atomic E-state index is 0.0808. The van der Waals surface area contributed by atoms with Gasteiger partial charge in [-0.05, 0) is 11.0 Å². The van der Waals surface area contributed by atoms with Gasteiger partial charge in [0.1, 0.15) is 0 Å². The van der Waals surface area contributed by atoms with Crippen LogP contribution in [0.1, 0.15) is 32.2 Å². The van der Waals surface area contributed by atoms with Crippen molar-refractivity contribution < 1.29 is 4.42 Å². The summed E-state index contributed by atoms with van der Waals surface area (Å²) >= 11 is 0. The minimum absolute atomic E-state index is 0.0808. The summed E-state index contributed by atoms with van der Waals surface area (Å²) in [6, 6.07) is 8.30. The van der Waals surface area contributed by atoms with Gasteiger partial charge in [-0.15, -0.1) is 0 Å². The van der Waals surface area contributed by atoms with E-state index in [1.165, 1.54) is 5.56 Å². The Balaban J connectivity index is 2.43. The first-order valence-electron chi connectivity index (χ1n) is 6.27. The van der Waals surface area contributed by atoms with Gasteiger partial charge in [0.05, 0.1) is 6.20 Å². The van der Waals surface area contributed by atoms with Crippen molar-refractivity contribution in [3.8, 4) is 11.3 Å². The molecule has 0 radical (unpaired) electrons. The largest absolute Gasteiger partial charge is 0.441 e. The van der Waals surface area contributed by atoms with Crippen LogP contribution in [0.5, 0.6) is 0 Å². The van der Waals surface area contributed by atoms with Crippen LogP contribution < -0.4 is 5.73 Å². The van der Waals surface area contributed by atoms with Gasteiger partial charge in [-0.2, -0.15) is 0 Å². The molecule has 2 aromatic rings. The van der Waals surface area contributed by atoms with Crippen molar-refractivity contribution in [3.05, 3.63) is 41.9 Å². The summed E-state index contributed by atoms with van der Waals surface area (Å²) in [5, 5.41) is 0. The van der Waals surface area contributed by atoms with E-state index in [0.29, 0.717) is 18.9 Å². The molecule has 3 heteroatoms. The van der Waals surface area contributed by atoms with Gasteiger partial charge in [-0.3, -0.25) is 0 Å². The van der Waals surface area contributed by atoms with Crippen LogP contribution in [0.15, 0.2) is 34.9 Å². The molecule has 0 amide bonds. The molecule has 1 aromatic carbocycles. The first-order chi connectivity index (χ1) is 8.52. The molecule has 0 aliphatic heterocycles. The van der Waals surface area contributed by atoms with Crippen molar-refractivity contribution >= 4 is 0 Å². The predicted octanol–water partition coefficient (Wildman–Crippen LogP) is 3.14. The monoisotopic (exact) mass is 244 g/mol. The molecule has 0 spiro atoms. The Morgan fingerprint density at radius 3 is 2.61 bits per heavy atom. The Hall–Kier alpha value is -1.61. The minimum Gasteiger partial charge on any atom is -0.441 e. The molecule has 1 aromatic heterocycles. The lowest BCUT2D eigenvalue weighted by Crippen LogP contribution is -2.12. The zero-order valence-corrected chi connectivity index (χ0v) is 11.2. The van der Waals surface area contributed by atoms with Crippen LogP contribution in [0.4, 0.5) is 0 Å². The van der Waals surface area contributed by atoms with Gasteiger partial charge in [-0.1, -0.05) is 45.0 Å². The third kappa shape index (κ3) is 2.62. The van der Waals surface area contributed by atoms with Crippen LogP contribution >= 0.6 is 0 Å². The van der Waals surface area contributed by atoms with Crippen LogP contribution in [-0.2, 0) is 11.8 Å². The number of nitrogens with zero attached hydrogens (tertiary/aromatic N) is 1. The highest BCUT2D eigenvalue weighted by atomic mass is 16.4. The van der Waals surface area contributed by atoms with Crippen molar-refractivity contribution in [1.82, 2.24) is 4.98 Å². The standard InChI is InChI=1S/C15H20N2O/c1-15(2,3)12-7-5-4-6-11(12)13-10-17-14(18-13)8-9-16/h4-7,10H,8-9,16H2,1-3H3. The highest BCUT2D eigenvalue weighted by Gasteiger charge is 2.20. The summed E-state index contributed by atoms with van der Waals surface area (Å²) in [6.45, 7) is 7.15. The van der Waals surface area contributed by atoms with E-state index >= 15 is 0 Å². The fourth-order valence-corrected chi connectivity index (χ4v) is 2.03. The highest BCUT2D eigenvalue weighted by molar-refractivity contribution is 5.63. The topological polar surface area (TPSA) is 52.0 Å². The zero-order chi connectivity index (χ0) is 13.2. The third-order valence-electron chi connectivity index (χ3n) is 2.91. The number of hydrogen-bond donors (Lipinski definition) is 1. The molecule has 0 aliphatic carbocycles. The normalized spacial score (nSPS) is 11.8. The number of benzene rings is 1. The Bertz CT molecular complexity index is 523. The summed E-state index contributed by atoms with van der Waals surface area (Å²) in [7, 11) is 0. The molecule has 0 bridgehead atoms. The zero-order valence-electron chi connectivity index (χ0n) is 11.2. The summed E-state index contributed by atoms with van der Waals surface area (Å²) in [5.74, 6) is 1.53. The molecule has 0 unspecified atom stereocenters. The van der Waals surface area contributed by atoms with Crippen LogP contribution in [0.25, 0.3) is 11.3 Å². The molecule has 2 rings (SSSR count). The molecule has 0 saturated carbocycles. The number of hydrogen-bond acceptors (Lipinski definition) is 3. The van der Waals surface area contributed by atoms with E-state index in [1.807, 2.05) is 6.07 Å². The lowest BCUT2D eigenvalue weighted by Gasteiger charge is -2.21. The summed E-state index contributed by atoms with van der Waals surface area (Å²) in [4.78, 5) is 4.26.